The number of nitrogens with zero attached hydrogens (tertiary/aromatic N) is 1. The van der Waals surface area contributed by atoms with Crippen LogP contribution in [0.1, 0.15) is 39.5 Å². The molecule has 1 atom stereocenters. The maximum Gasteiger partial charge on any atom is 0.229 e. The van der Waals surface area contributed by atoms with Crippen LogP contribution in [0.5, 0.6) is 0 Å². The molecule has 0 unspecified atom stereocenters. The zero-order valence-corrected chi connectivity index (χ0v) is 16.7. The highest BCUT2D eigenvalue weighted by atomic mass is 35.5. The maximum absolute atomic E-state index is 13.0. The summed E-state index contributed by atoms with van der Waals surface area (Å²) in [4.78, 5) is 17.7. The van der Waals surface area contributed by atoms with Gasteiger partial charge in [0.25, 0.3) is 0 Å². The van der Waals surface area contributed by atoms with Crippen LogP contribution in [-0.2, 0) is 6.42 Å². The molecular formula is C24H19ClN2O2. The number of benzene rings is 2. The number of hydrogen-bond donors (Lipinski definition) is 1. The number of carbonyl (C=O) groups excluding carboxylic acids is 1. The molecule has 4 nitrogen and oxygen atoms in total. The first kappa shape index (κ1) is 18.0. The minimum Gasteiger partial charge on any atom is -0.438 e. The Morgan fingerprint density at radius 2 is 1.86 bits per heavy atom. The highest BCUT2D eigenvalue weighted by molar-refractivity contribution is 6.33. The lowest BCUT2D eigenvalue weighted by Gasteiger charge is -2.25. The highest BCUT2D eigenvalue weighted by Crippen LogP contribution is 2.40. The molecule has 5 rings (SSSR count). The summed E-state index contributed by atoms with van der Waals surface area (Å²) < 4.78 is 5.99. The van der Waals surface area contributed by atoms with Gasteiger partial charge in [-0.3, -0.25) is 4.79 Å². The molecular weight excluding hydrogens is 384 g/mol. The van der Waals surface area contributed by atoms with E-state index < -0.39 is 0 Å². The molecule has 0 amide bonds. The summed E-state index contributed by atoms with van der Waals surface area (Å²) in [6.07, 6.45) is 1.10. The average Bonchev–Trinajstić information content (AvgIpc) is 3.12. The molecule has 2 N–H and O–H groups in total. The average molecular weight is 403 g/mol. The molecule has 0 radical (unpaired) electrons. The third-order valence-electron chi connectivity index (χ3n) is 5.72. The Balaban J connectivity index is 1.63. The van der Waals surface area contributed by atoms with Crippen molar-refractivity contribution >= 4 is 34.2 Å². The Bertz CT molecular complexity index is 1280. The van der Waals surface area contributed by atoms with E-state index in [1.165, 1.54) is 11.1 Å². The summed E-state index contributed by atoms with van der Waals surface area (Å²) >= 11 is 6.31. The number of aryl methyl sites for hydroxylation is 1. The number of nitrogen functional groups attached to an aromatic ring is 1. The number of carbonyl (C=O) groups is 1. The minimum atomic E-state index is 0.0342. The molecule has 0 saturated carbocycles. The second kappa shape index (κ2) is 6.75. The molecule has 0 bridgehead atoms. The molecule has 2 aromatic heterocycles. The normalized spacial score (nSPS) is 16.2. The minimum absolute atomic E-state index is 0.0342. The maximum atomic E-state index is 13.0. The molecule has 1 aliphatic carbocycles. The van der Waals surface area contributed by atoms with Crippen LogP contribution in [0.4, 0.5) is 5.69 Å². The van der Waals surface area contributed by atoms with Crippen molar-refractivity contribution in [1.82, 2.24) is 4.98 Å². The van der Waals surface area contributed by atoms with Crippen LogP contribution in [0.2, 0.25) is 5.02 Å². The first-order valence-electron chi connectivity index (χ1n) is 9.58. The number of aromatic nitrogens is 1. The number of fused-ring (bicyclic) bond motifs is 2. The Kier molecular flexibility index (Phi) is 4.18. The predicted octanol–water partition coefficient (Wildman–Crippen LogP) is 5.95. The van der Waals surface area contributed by atoms with Gasteiger partial charge >= 0.3 is 0 Å². The highest BCUT2D eigenvalue weighted by Gasteiger charge is 2.31. The summed E-state index contributed by atoms with van der Waals surface area (Å²) in [5.74, 6) is 0.723. The second-order valence-electron chi connectivity index (χ2n) is 7.54. The number of nitrogens with two attached hydrogens (primary N) is 1. The van der Waals surface area contributed by atoms with Gasteiger partial charge in [0.1, 0.15) is 5.76 Å². The molecule has 4 aromatic rings. The smallest absolute Gasteiger partial charge is 0.229 e. The second-order valence-corrected chi connectivity index (χ2v) is 7.95. The van der Waals surface area contributed by atoms with Crippen LogP contribution in [0.25, 0.3) is 22.4 Å². The van der Waals surface area contributed by atoms with Crippen LogP contribution in [0.15, 0.2) is 59.0 Å². The van der Waals surface area contributed by atoms with Gasteiger partial charge in [-0.1, -0.05) is 48.0 Å². The third-order valence-corrected chi connectivity index (χ3v) is 6.04. The summed E-state index contributed by atoms with van der Waals surface area (Å²) in [6, 6.07) is 17.4. The number of anilines is 1. The van der Waals surface area contributed by atoms with Gasteiger partial charge in [-0.15, -0.1) is 0 Å². The van der Waals surface area contributed by atoms with Crippen LogP contribution in [0, 0.1) is 6.92 Å². The number of hydrogen-bond acceptors (Lipinski definition) is 4. The SMILES string of the molecule is Cc1ccccc1[C@H]1CC(=O)c2c(nc3oc(-c4ccccc4Cl)cc3c2N)C1. The lowest BCUT2D eigenvalue weighted by Crippen LogP contribution is -2.22. The monoisotopic (exact) mass is 402 g/mol. The Morgan fingerprint density at radius 1 is 1.10 bits per heavy atom. The van der Waals surface area contributed by atoms with Crippen molar-refractivity contribution < 1.29 is 9.21 Å². The quantitative estimate of drug-likeness (QED) is 0.449. The van der Waals surface area contributed by atoms with Crippen LogP contribution < -0.4 is 5.73 Å². The zero-order valence-electron chi connectivity index (χ0n) is 15.9. The van der Waals surface area contributed by atoms with Crippen LogP contribution >= 0.6 is 11.6 Å². The van der Waals surface area contributed by atoms with Crippen molar-refractivity contribution in [2.24, 2.45) is 0 Å². The summed E-state index contributed by atoms with van der Waals surface area (Å²) in [5.41, 5.74) is 11.7. The fourth-order valence-corrected chi connectivity index (χ4v) is 4.50. The van der Waals surface area contributed by atoms with Crippen molar-refractivity contribution in [2.75, 3.05) is 5.73 Å². The molecule has 0 fully saturated rings. The number of ketones is 1. The van der Waals surface area contributed by atoms with Gasteiger partial charge in [-0.25, -0.2) is 4.98 Å². The number of Topliss-reactive ketones (excluding diaryl/α,β-unsaturated/α-hetero) is 1. The molecule has 29 heavy (non-hydrogen) atoms. The van der Waals surface area contributed by atoms with Crippen molar-refractivity contribution in [3.8, 4) is 11.3 Å². The van der Waals surface area contributed by atoms with Crippen LogP contribution in [-0.4, -0.2) is 10.8 Å². The van der Waals surface area contributed by atoms with E-state index in [4.69, 9.17) is 26.7 Å². The predicted molar refractivity (Wildman–Crippen MR) is 115 cm³/mol. The van der Waals surface area contributed by atoms with Gasteiger partial charge < -0.3 is 10.2 Å². The molecule has 2 heterocycles. The molecule has 0 aliphatic heterocycles. The van der Waals surface area contributed by atoms with E-state index in [9.17, 15) is 4.79 Å². The van der Waals surface area contributed by atoms with Gasteiger partial charge in [0.15, 0.2) is 5.78 Å². The van der Waals surface area contributed by atoms with Gasteiger partial charge in [-0.05, 0) is 48.6 Å². The van der Waals surface area contributed by atoms with Crippen molar-refractivity contribution in [2.45, 2.75) is 25.7 Å². The van der Waals surface area contributed by atoms with E-state index in [-0.39, 0.29) is 11.7 Å². The third kappa shape index (κ3) is 2.91. The topological polar surface area (TPSA) is 69.1 Å². The zero-order chi connectivity index (χ0) is 20.1. The standard InChI is InChI=1S/C24H19ClN2O2/c1-13-6-2-3-7-15(13)14-10-19-22(20(28)11-14)23(26)17-12-21(29-24(17)27-19)16-8-4-5-9-18(16)25/h2-9,12,14H,10-11H2,1H3,(H2,26,27)/t14-/m1/s1. The van der Waals surface area contributed by atoms with Gasteiger partial charge in [-0.2, -0.15) is 0 Å². The largest absolute Gasteiger partial charge is 0.438 e. The number of halogens is 1. The van der Waals surface area contributed by atoms with Gasteiger partial charge in [0.05, 0.1) is 27.4 Å². The van der Waals surface area contributed by atoms with Crippen molar-refractivity contribution in [3.63, 3.8) is 0 Å². The molecule has 2 aromatic carbocycles. The lowest BCUT2D eigenvalue weighted by molar-refractivity contribution is 0.0964. The fourth-order valence-electron chi connectivity index (χ4n) is 4.27. The molecule has 0 saturated heterocycles. The van der Waals surface area contributed by atoms with E-state index in [2.05, 4.69) is 19.1 Å². The van der Waals surface area contributed by atoms with E-state index in [0.717, 1.165) is 5.56 Å². The van der Waals surface area contributed by atoms with Crippen molar-refractivity contribution in [3.05, 3.63) is 82.0 Å². The molecule has 144 valence electrons. The summed E-state index contributed by atoms with van der Waals surface area (Å²) in [7, 11) is 0. The van der Waals surface area contributed by atoms with Gasteiger partial charge in [0, 0.05) is 12.0 Å². The van der Waals surface area contributed by atoms with E-state index in [0.29, 0.717) is 51.7 Å². The molecule has 5 heteroatoms. The van der Waals surface area contributed by atoms with E-state index in [1.807, 2.05) is 42.5 Å². The molecule has 0 spiro atoms. The summed E-state index contributed by atoms with van der Waals surface area (Å²) in [6.45, 7) is 2.07. The van der Waals surface area contributed by atoms with Gasteiger partial charge in [0.2, 0.25) is 5.71 Å². The lowest BCUT2D eigenvalue weighted by atomic mass is 9.79. The number of rotatable bonds is 2. The summed E-state index contributed by atoms with van der Waals surface area (Å²) in [5, 5.41) is 1.24. The van der Waals surface area contributed by atoms with Crippen LogP contribution in [0.3, 0.4) is 0 Å². The Labute approximate surface area is 173 Å². The molecule has 1 aliphatic rings. The first-order valence-corrected chi connectivity index (χ1v) is 9.96. The number of furan rings is 1. The fraction of sp³-hybridized carbons (Fsp3) is 0.167. The van der Waals surface area contributed by atoms with E-state index in [1.54, 1.807) is 0 Å². The Hall–Kier alpha value is -3.11. The number of pyridine rings is 1. The Morgan fingerprint density at radius 3 is 2.66 bits per heavy atom. The first-order chi connectivity index (χ1) is 14.0. The van der Waals surface area contributed by atoms with E-state index >= 15 is 0 Å². The van der Waals surface area contributed by atoms with Crippen molar-refractivity contribution in [1.29, 1.82) is 0 Å².